The average molecular weight is 665 g/mol. The largest absolute Gasteiger partial charge is 0.490 e. The molecule has 14 nitrogen and oxygen atoms in total. The number of methoxy groups -OCH3 is 1. The molecule has 0 aliphatic carbocycles. The lowest BCUT2D eigenvalue weighted by molar-refractivity contribution is -0.192. The van der Waals surface area contributed by atoms with Crippen LogP contribution >= 0.6 is 0 Å². The summed E-state index contributed by atoms with van der Waals surface area (Å²) in [5.74, 6) is -3.46. The van der Waals surface area contributed by atoms with Gasteiger partial charge < -0.3 is 37.3 Å². The molecular formula is C30H39F3N8O6. The smallest absolute Gasteiger partial charge is 0.475 e. The summed E-state index contributed by atoms with van der Waals surface area (Å²) in [5, 5.41) is 23.2. The van der Waals surface area contributed by atoms with E-state index < -0.39 is 23.6 Å². The van der Waals surface area contributed by atoms with Crippen molar-refractivity contribution >= 4 is 35.1 Å². The summed E-state index contributed by atoms with van der Waals surface area (Å²) in [4.78, 5) is 52.2. The zero-order valence-corrected chi connectivity index (χ0v) is 25.2. The van der Waals surface area contributed by atoms with Crippen LogP contribution in [0, 0.1) is 5.41 Å². The number of anilines is 2. The highest BCUT2D eigenvalue weighted by Gasteiger charge is 2.38. The molecule has 0 atom stereocenters. The highest BCUT2D eigenvalue weighted by molar-refractivity contribution is 5.96. The van der Waals surface area contributed by atoms with Gasteiger partial charge >= 0.3 is 12.1 Å². The second-order valence-electron chi connectivity index (χ2n) is 9.97. The summed E-state index contributed by atoms with van der Waals surface area (Å²) in [6.07, 6.45) is -3.61. The Morgan fingerprint density at radius 3 is 2.23 bits per heavy atom. The molecular weight excluding hydrogens is 625 g/mol. The molecule has 0 aliphatic heterocycles. The van der Waals surface area contributed by atoms with E-state index in [0.29, 0.717) is 41.2 Å². The molecule has 1 aromatic heterocycles. The van der Waals surface area contributed by atoms with Crippen LogP contribution in [0.25, 0.3) is 11.3 Å². The lowest BCUT2D eigenvalue weighted by Gasteiger charge is -2.17. The van der Waals surface area contributed by atoms with Crippen molar-refractivity contribution in [2.45, 2.75) is 46.6 Å². The Balaban J connectivity index is 0.00000124. The van der Waals surface area contributed by atoms with Crippen LogP contribution < -0.4 is 33.0 Å². The van der Waals surface area contributed by atoms with Crippen LogP contribution in [-0.2, 0) is 27.4 Å². The minimum Gasteiger partial charge on any atom is -0.475 e. The summed E-state index contributed by atoms with van der Waals surface area (Å²) in [6, 6.07) is 11.6. The molecule has 2 aromatic carbocycles. The fourth-order valence-corrected chi connectivity index (χ4v) is 3.75. The number of rotatable bonds is 12. The molecule has 3 rings (SSSR count). The lowest BCUT2D eigenvalue weighted by Crippen LogP contribution is -2.35. The predicted molar refractivity (Wildman–Crippen MR) is 171 cm³/mol. The quantitative estimate of drug-likeness (QED) is 0.0648. The van der Waals surface area contributed by atoms with Crippen molar-refractivity contribution < 1.29 is 37.4 Å². The Morgan fingerprint density at radius 1 is 1.09 bits per heavy atom. The van der Waals surface area contributed by atoms with E-state index in [0.717, 1.165) is 5.56 Å². The van der Waals surface area contributed by atoms with Crippen LogP contribution in [0.2, 0.25) is 0 Å². The third-order valence-electron chi connectivity index (χ3n) is 5.88. The van der Waals surface area contributed by atoms with Crippen LogP contribution in [0.3, 0.4) is 0 Å². The van der Waals surface area contributed by atoms with Gasteiger partial charge in [0.2, 0.25) is 5.91 Å². The molecule has 3 aromatic rings. The van der Waals surface area contributed by atoms with Crippen LogP contribution in [-0.4, -0.2) is 70.8 Å². The van der Waals surface area contributed by atoms with Gasteiger partial charge in [-0.25, -0.2) is 9.78 Å². The van der Waals surface area contributed by atoms with E-state index in [-0.39, 0.29) is 44.1 Å². The molecule has 1 heterocycles. The molecule has 9 N–H and O–H groups in total. The lowest BCUT2D eigenvalue weighted by atomic mass is 10.1. The molecule has 47 heavy (non-hydrogen) atoms. The predicted octanol–water partition coefficient (Wildman–Crippen LogP) is 2.56. The number of nitrogens with two attached hydrogens (primary N) is 2. The Morgan fingerprint density at radius 2 is 1.70 bits per heavy atom. The van der Waals surface area contributed by atoms with Crippen molar-refractivity contribution in [3.8, 4) is 11.3 Å². The maximum absolute atomic E-state index is 13.4. The highest BCUT2D eigenvalue weighted by atomic mass is 19.4. The topological polar surface area (TPSA) is 228 Å². The monoisotopic (exact) mass is 664 g/mol. The fourth-order valence-electron chi connectivity index (χ4n) is 3.75. The summed E-state index contributed by atoms with van der Waals surface area (Å²) in [6.45, 7) is 4.34. The molecule has 0 aliphatic rings. The average Bonchev–Trinajstić information content (AvgIpc) is 2.97. The van der Waals surface area contributed by atoms with Gasteiger partial charge in [0.25, 0.3) is 11.5 Å². The van der Waals surface area contributed by atoms with Crippen molar-refractivity contribution in [3.63, 3.8) is 0 Å². The Kier molecular flexibility index (Phi) is 15.1. The first-order valence-corrected chi connectivity index (χ1v) is 13.6. The summed E-state index contributed by atoms with van der Waals surface area (Å²) >= 11 is 0. The number of halogens is 3. The molecule has 0 unspecified atom stereocenters. The zero-order valence-electron chi connectivity index (χ0n) is 25.2. The van der Waals surface area contributed by atoms with Gasteiger partial charge in [-0.05, 0) is 37.6 Å². The zero-order chi connectivity index (χ0) is 34.6. The van der Waals surface area contributed by atoms with Gasteiger partial charge in [0.1, 0.15) is 12.4 Å². The number of nitrogens with one attached hydrogen (secondary N) is 4. The number of amidine groups is 1. The number of benzene rings is 2. The summed E-state index contributed by atoms with van der Waals surface area (Å²) in [5.41, 5.74) is 13.9. The molecule has 0 spiro atoms. The molecule has 0 radical (unpaired) electrons. The number of ether oxygens (including phenoxy) is 1. The summed E-state index contributed by atoms with van der Waals surface area (Å²) < 4.78 is 38.0. The molecule has 2 amide bonds. The number of hydrogen-bond donors (Lipinski definition) is 7. The first kappa shape index (κ1) is 39.6. The van der Waals surface area contributed by atoms with E-state index in [4.69, 9.17) is 31.5 Å². The van der Waals surface area contributed by atoms with E-state index in [1.807, 2.05) is 13.8 Å². The van der Waals surface area contributed by atoms with Crippen LogP contribution in [0.5, 0.6) is 0 Å². The number of carboxylic acids is 1. The van der Waals surface area contributed by atoms with Gasteiger partial charge in [0, 0.05) is 48.6 Å². The Labute approximate surface area is 268 Å². The number of nitrogen functional groups attached to an aromatic ring is 2. The number of aromatic nitrogens is 2. The van der Waals surface area contributed by atoms with Crippen molar-refractivity contribution in [2.75, 3.05) is 31.3 Å². The van der Waals surface area contributed by atoms with Crippen molar-refractivity contribution in [1.82, 2.24) is 20.2 Å². The van der Waals surface area contributed by atoms with E-state index in [9.17, 15) is 27.6 Å². The van der Waals surface area contributed by atoms with Gasteiger partial charge in [-0.2, -0.15) is 13.2 Å². The first-order valence-electron chi connectivity index (χ1n) is 13.6. The number of carbonyl (C=O) groups excluding carboxylic acids is 2. The first-order chi connectivity index (χ1) is 21.5. The molecule has 256 valence electrons. The minimum absolute atomic E-state index is 0. The van der Waals surface area contributed by atoms with Gasteiger partial charge in [0.05, 0.1) is 18.5 Å². The molecule has 0 saturated heterocycles. The number of hydrogen-bond acceptors (Lipinski definition) is 9. The van der Waals surface area contributed by atoms with E-state index >= 15 is 0 Å². The maximum Gasteiger partial charge on any atom is 0.490 e. The van der Waals surface area contributed by atoms with E-state index in [1.54, 1.807) is 36.4 Å². The second kappa shape index (κ2) is 17.9. The highest BCUT2D eigenvalue weighted by Crippen LogP contribution is 2.23. The van der Waals surface area contributed by atoms with Crippen molar-refractivity contribution in [2.24, 2.45) is 5.73 Å². The van der Waals surface area contributed by atoms with Crippen molar-refractivity contribution in [3.05, 3.63) is 75.7 Å². The summed E-state index contributed by atoms with van der Waals surface area (Å²) in [7, 11) is 1.54. The van der Waals surface area contributed by atoms with Gasteiger partial charge in [-0.1, -0.05) is 31.7 Å². The SMILES string of the molecule is C.COCCNC(=O)c1cc(N)cc(-c2cnc(NC(C)C)c(=O)n2CC(=O)NCc2ccc(C(=N)N)cc2)c1.O=C(O)C(F)(F)F. The number of carboxylic acid groups (broad SMARTS) is 1. The molecule has 0 bridgehead atoms. The number of carbonyl (C=O) groups is 3. The second-order valence-corrected chi connectivity index (χ2v) is 9.97. The number of alkyl halides is 3. The Bertz CT molecular complexity index is 1610. The third kappa shape index (κ3) is 12.5. The van der Waals surface area contributed by atoms with E-state index in [2.05, 4.69) is 20.9 Å². The van der Waals surface area contributed by atoms with Crippen molar-refractivity contribution in [1.29, 1.82) is 5.41 Å². The van der Waals surface area contributed by atoms with Gasteiger partial charge in [0.15, 0.2) is 5.82 Å². The van der Waals surface area contributed by atoms with Crippen LogP contribution in [0.4, 0.5) is 24.7 Å². The molecule has 17 heteroatoms. The van der Waals surface area contributed by atoms with Gasteiger partial charge in [-0.3, -0.25) is 24.4 Å². The fraction of sp³-hybridized carbons (Fsp3) is 0.333. The van der Waals surface area contributed by atoms with Crippen LogP contribution in [0.15, 0.2) is 53.5 Å². The van der Waals surface area contributed by atoms with Crippen LogP contribution in [0.1, 0.15) is 42.8 Å². The number of aliphatic carboxylic acids is 1. The molecule has 0 fully saturated rings. The number of amides is 2. The van der Waals surface area contributed by atoms with Gasteiger partial charge in [-0.15, -0.1) is 0 Å². The molecule has 0 saturated carbocycles. The normalized spacial score (nSPS) is 10.6. The third-order valence-corrected chi connectivity index (χ3v) is 5.88. The standard InChI is InChI=1S/C27H34N8O4.C2HF3O2.CH4/c1-16(2)34-25-27(38)35(15-23(36)32-13-17-4-6-18(7-5-17)24(29)30)22(14-33-25)19-10-20(12-21(28)11-19)26(37)31-8-9-39-3;3-2(4,5)1(6)7;/h4-7,10-12,14,16H,8-9,13,15,28H2,1-3H3,(H3,29,30)(H,31,37)(H,32,36)(H,33,34);(H,6,7);1H4. The Hall–Kier alpha value is -5.45. The maximum atomic E-state index is 13.4. The minimum atomic E-state index is -5.08. The number of nitrogens with zero attached hydrogens (tertiary/aromatic N) is 2. The van der Waals surface area contributed by atoms with E-state index in [1.165, 1.54) is 23.9 Å².